The molecule has 0 aliphatic carbocycles. The maximum absolute atomic E-state index is 12.7. The van der Waals surface area contributed by atoms with Crippen molar-refractivity contribution in [3.63, 3.8) is 0 Å². The van der Waals surface area contributed by atoms with Crippen molar-refractivity contribution >= 4 is 17.5 Å². The van der Waals surface area contributed by atoms with Crippen LogP contribution in [0, 0.1) is 11.6 Å². The van der Waals surface area contributed by atoms with E-state index in [0.717, 1.165) is 12.1 Å². The number of carbonyl (C=O) groups excluding carboxylic acids is 1. The summed E-state index contributed by atoms with van der Waals surface area (Å²) >= 11 is 1.39. The van der Waals surface area contributed by atoms with Crippen LogP contribution in [0.4, 0.5) is 8.78 Å². The molecule has 0 bridgehead atoms. The largest absolute Gasteiger partial charge is 0.294 e. The predicted molar refractivity (Wildman–Crippen MR) is 46.0 cm³/mol. The van der Waals surface area contributed by atoms with Gasteiger partial charge in [0.15, 0.2) is 17.4 Å². The van der Waals surface area contributed by atoms with Crippen LogP contribution < -0.4 is 0 Å². The lowest BCUT2D eigenvalue weighted by Gasteiger charge is -2.13. The molecule has 0 spiro atoms. The quantitative estimate of drug-likeness (QED) is 0.640. The van der Waals surface area contributed by atoms with Crippen LogP contribution in [0.15, 0.2) is 17.0 Å². The smallest absolute Gasteiger partial charge is 0.164 e. The van der Waals surface area contributed by atoms with Crippen LogP contribution in [0.1, 0.15) is 16.8 Å². The second-order valence-electron chi connectivity index (χ2n) is 2.78. The number of hydrogen-bond acceptors (Lipinski definition) is 2. The number of Topliss-reactive ketones (excluding diaryl/α,β-unsaturated/α-hetero) is 1. The van der Waals surface area contributed by atoms with Crippen molar-refractivity contribution in [1.82, 2.24) is 0 Å². The molecule has 0 amide bonds. The first kappa shape index (κ1) is 8.69. The number of halogens is 2. The van der Waals surface area contributed by atoms with E-state index in [2.05, 4.69) is 0 Å². The highest BCUT2D eigenvalue weighted by atomic mass is 32.2. The van der Waals surface area contributed by atoms with Crippen LogP contribution in [-0.4, -0.2) is 11.5 Å². The standard InChI is InChI=1S/C9H6F2OS/c10-6-3-5-8(12)1-2-13-9(5)4-7(6)11/h3-4H,1-2H2. The number of thioether (sulfide) groups is 1. The SMILES string of the molecule is O=C1CCSc2cc(F)c(F)cc21. The minimum Gasteiger partial charge on any atom is -0.294 e. The van der Waals surface area contributed by atoms with E-state index in [1.165, 1.54) is 11.8 Å². The molecule has 2 rings (SSSR count). The first-order chi connectivity index (χ1) is 6.18. The lowest BCUT2D eigenvalue weighted by molar-refractivity contribution is 0.0984. The van der Waals surface area contributed by atoms with Gasteiger partial charge in [0.05, 0.1) is 0 Å². The molecule has 0 saturated carbocycles. The molecule has 0 radical (unpaired) electrons. The van der Waals surface area contributed by atoms with Crippen molar-refractivity contribution in [2.24, 2.45) is 0 Å². The molecule has 0 N–H and O–H groups in total. The van der Waals surface area contributed by atoms with E-state index in [1.54, 1.807) is 0 Å². The van der Waals surface area contributed by atoms with E-state index in [9.17, 15) is 13.6 Å². The lowest BCUT2D eigenvalue weighted by atomic mass is 10.1. The van der Waals surface area contributed by atoms with E-state index in [4.69, 9.17) is 0 Å². The van der Waals surface area contributed by atoms with Crippen LogP contribution in [0.25, 0.3) is 0 Å². The molecule has 1 aliphatic rings. The molecule has 0 fully saturated rings. The fraction of sp³-hybridized carbons (Fsp3) is 0.222. The molecular formula is C9H6F2OS. The zero-order valence-electron chi connectivity index (χ0n) is 6.64. The molecule has 0 unspecified atom stereocenters. The van der Waals surface area contributed by atoms with Gasteiger partial charge in [-0.1, -0.05) is 0 Å². The molecule has 1 nitrogen and oxygen atoms in total. The van der Waals surface area contributed by atoms with Gasteiger partial charge in [0.1, 0.15) is 0 Å². The van der Waals surface area contributed by atoms with Gasteiger partial charge in [-0.25, -0.2) is 8.78 Å². The number of benzene rings is 1. The Morgan fingerprint density at radius 2 is 1.92 bits per heavy atom. The van der Waals surface area contributed by atoms with E-state index < -0.39 is 11.6 Å². The average molecular weight is 200 g/mol. The molecule has 68 valence electrons. The van der Waals surface area contributed by atoms with Crippen LogP contribution in [0.2, 0.25) is 0 Å². The van der Waals surface area contributed by atoms with Gasteiger partial charge >= 0.3 is 0 Å². The summed E-state index contributed by atoms with van der Waals surface area (Å²) in [4.78, 5) is 11.8. The first-order valence-electron chi connectivity index (χ1n) is 3.83. The minimum absolute atomic E-state index is 0.104. The molecule has 1 aromatic carbocycles. The topological polar surface area (TPSA) is 17.1 Å². The van der Waals surface area contributed by atoms with E-state index in [1.807, 2.05) is 0 Å². The first-order valence-corrected chi connectivity index (χ1v) is 4.82. The number of fused-ring (bicyclic) bond motifs is 1. The molecule has 0 atom stereocenters. The van der Waals surface area contributed by atoms with Crippen molar-refractivity contribution < 1.29 is 13.6 Å². The van der Waals surface area contributed by atoms with Crippen LogP contribution in [0.5, 0.6) is 0 Å². The number of carbonyl (C=O) groups is 1. The summed E-state index contributed by atoms with van der Waals surface area (Å²) in [6.07, 6.45) is 0.405. The molecule has 1 aromatic rings. The van der Waals surface area contributed by atoms with E-state index >= 15 is 0 Å². The summed E-state index contributed by atoms with van der Waals surface area (Å²) in [5.74, 6) is -1.29. The second-order valence-corrected chi connectivity index (χ2v) is 3.92. The second kappa shape index (κ2) is 3.10. The third-order valence-electron chi connectivity index (χ3n) is 1.91. The van der Waals surface area contributed by atoms with Gasteiger partial charge in [0, 0.05) is 22.6 Å². The summed E-state index contributed by atoms with van der Waals surface area (Å²) in [7, 11) is 0. The minimum atomic E-state index is -0.949. The number of rotatable bonds is 0. The van der Waals surface area contributed by atoms with Crippen molar-refractivity contribution in [1.29, 1.82) is 0 Å². The summed E-state index contributed by atoms with van der Waals surface area (Å²) in [5, 5.41) is 0. The van der Waals surface area contributed by atoms with Gasteiger partial charge in [-0.2, -0.15) is 0 Å². The monoisotopic (exact) mass is 200 g/mol. The molecule has 4 heteroatoms. The van der Waals surface area contributed by atoms with Crippen molar-refractivity contribution in [3.8, 4) is 0 Å². The number of ketones is 1. The summed E-state index contributed by atoms with van der Waals surface area (Å²) in [6, 6.07) is 2.07. The Kier molecular flexibility index (Phi) is 2.07. The Morgan fingerprint density at radius 1 is 1.23 bits per heavy atom. The maximum Gasteiger partial charge on any atom is 0.164 e. The van der Waals surface area contributed by atoms with Gasteiger partial charge in [0.2, 0.25) is 0 Å². The molecule has 13 heavy (non-hydrogen) atoms. The highest BCUT2D eigenvalue weighted by molar-refractivity contribution is 7.99. The van der Waals surface area contributed by atoms with E-state index in [-0.39, 0.29) is 5.78 Å². The summed E-state index contributed by atoms with van der Waals surface area (Å²) in [5.41, 5.74) is 0.315. The molecule has 0 aromatic heterocycles. The van der Waals surface area contributed by atoms with Crippen LogP contribution in [-0.2, 0) is 0 Å². The Bertz CT molecular complexity index is 376. The Balaban J connectivity index is 2.58. The molecule has 1 aliphatic heterocycles. The van der Waals surface area contributed by atoms with Gasteiger partial charge in [0.25, 0.3) is 0 Å². The molecular weight excluding hydrogens is 194 g/mol. The Labute approximate surface area is 78.1 Å². The number of hydrogen-bond donors (Lipinski definition) is 0. The highest BCUT2D eigenvalue weighted by Gasteiger charge is 2.20. The zero-order chi connectivity index (χ0) is 9.42. The van der Waals surface area contributed by atoms with Crippen molar-refractivity contribution in [2.75, 3.05) is 5.75 Å². The highest BCUT2D eigenvalue weighted by Crippen LogP contribution is 2.31. The van der Waals surface area contributed by atoms with Gasteiger partial charge in [-0.05, 0) is 12.1 Å². The third-order valence-corrected chi connectivity index (χ3v) is 2.97. The summed E-state index contributed by atoms with van der Waals surface area (Å²) < 4.78 is 25.5. The average Bonchev–Trinajstić information content (AvgIpc) is 2.09. The van der Waals surface area contributed by atoms with Crippen molar-refractivity contribution in [3.05, 3.63) is 29.3 Å². The van der Waals surface area contributed by atoms with Crippen LogP contribution >= 0.6 is 11.8 Å². The van der Waals surface area contributed by atoms with Gasteiger partial charge in [-0.15, -0.1) is 11.8 Å². The van der Waals surface area contributed by atoms with Gasteiger partial charge in [-0.3, -0.25) is 4.79 Å². The van der Waals surface area contributed by atoms with Gasteiger partial charge < -0.3 is 0 Å². The predicted octanol–water partition coefficient (Wildman–Crippen LogP) is 2.64. The third kappa shape index (κ3) is 1.46. The normalized spacial score (nSPS) is 15.7. The van der Waals surface area contributed by atoms with E-state index in [0.29, 0.717) is 22.6 Å². The van der Waals surface area contributed by atoms with Crippen LogP contribution in [0.3, 0.4) is 0 Å². The fourth-order valence-corrected chi connectivity index (χ4v) is 2.28. The fourth-order valence-electron chi connectivity index (χ4n) is 1.25. The zero-order valence-corrected chi connectivity index (χ0v) is 7.46. The Hall–Kier alpha value is -0.900. The Morgan fingerprint density at radius 3 is 2.69 bits per heavy atom. The molecule has 0 saturated heterocycles. The van der Waals surface area contributed by atoms with Crippen molar-refractivity contribution in [2.45, 2.75) is 11.3 Å². The molecule has 1 heterocycles. The summed E-state index contributed by atoms with van der Waals surface area (Å²) in [6.45, 7) is 0. The lowest BCUT2D eigenvalue weighted by Crippen LogP contribution is -2.09. The maximum atomic E-state index is 12.7.